The van der Waals surface area contributed by atoms with E-state index in [9.17, 15) is 20.2 Å². The second-order valence-corrected chi connectivity index (χ2v) is 13.4. The van der Waals surface area contributed by atoms with Gasteiger partial charge in [-0.2, -0.15) is 0 Å². The average Bonchev–Trinajstić information content (AvgIpc) is 3.41. The van der Waals surface area contributed by atoms with Gasteiger partial charge in [0.05, 0.1) is 28.5 Å². The van der Waals surface area contributed by atoms with E-state index in [-0.39, 0.29) is 21.2 Å². The van der Waals surface area contributed by atoms with E-state index in [1.807, 2.05) is 48.5 Å². The highest BCUT2D eigenvalue weighted by molar-refractivity contribution is 5.88. The van der Waals surface area contributed by atoms with Crippen LogP contribution in [0.25, 0.3) is 11.1 Å². The molecule has 4 aromatic carbocycles. The van der Waals surface area contributed by atoms with Crippen molar-refractivity contribution in [2.45, 2.75) is 69.6 Å². The van der Waals surface area contributed by atoms with Crippen molar-refractivity contribution >= 4 is 11.4 Å². The highest BCUT2D eigenvalue weighted by Gasteiger charge is 2.47. The standard InChI is InChI=1S/C39H40N2O6/c42-40(43)31-15-21-35-36-22-16-32(41(44)45)24-38(36)39(37(35)23-31,29-11-17-33(18-12-29)46-25-27-7-3-1-4-8-27)30-13-19-34(20-14-30)47-26-28-9-5-2-6-10-28/h11-24,27-28H,1-10,25-26H2. The van der Waals surface area contributed by atoms with Crippen molar-refractivity contribution in [3.05, 3.63) is 127 Å². The molecule has 0 atom stereocenters. The fourth-order valence-corrected chi connectivity index (χ4v) is 8.05. The van der Waals surface area contributed by atoms with Crippen LogP contribution in [0.4, 0.5) is 11.4 Å². The van der Waals surface area contributed by atoms with Crippen molar-refractivity contribution in [3.8, 4) is 22.6 Å². The summed E-state index contributed by atoms with van der Waals surface area (Å²) in [6, 6.07) is 25.6. The number of hydrogen-bond donors (Lipinski definition) is 0. The Kier molecular flexibility index (Phi) is 8.67. The zero-order chi connectivity index (χ0) is 32.4. The molecule has 0 aliphatic heterocycles. The molecule has 0 aromatic heterocycles. The first-order valence-corrected chi connectivity index (χ1v) is 17.0. The van der Waals surface area contributed by atoms with E-state index in [0.29, 0.717) is 36.2 Å². The van der Waals surface area contributed by atoms with Crippen molar-refractivity contribution in [2.24, 2.45) is 11.8 Å². The Morgan fingerprint density at radius 1 is 0.553 bits per heavy atom. The van der Waals surface area contributed by atoms with Gasteiger partial charge in [0, 0.05) is 24.3 Å². The van der Waals surface area contributed by atoms with Crippen LogP contribution in [0.5, 0.6) is 11.5 Å². The normalized spacial score (nSPS) is 17.4. The number of nitro benzene ring substituents is 2. The largest absolute Gasteiger partial charge is 0.493 e. The lowest BCUT2D eigenvalue weighted by atomic mass is 9.67. The van der Waals surface area contributed by atoms with Gasteiger partial charge in [-0.3, -0.25) is 20.2 Å². The maximum atomic E-state index is 12.1. The summed E-state index contributed by atoms with van der Waals surface area (Å²) in [6.07, 6.45) is 12.3. The molecule has 7 rings (SSSR count). The highest BCUT2D eigenvalue weighted by Crippen LogP contribution is 2.57. The smallest absolute Gasteiger partial charge is 0.269 e. The van der Waals surface area contributed by atoms with Gasteiger partial charge in [0.2, 0.25) is 0 Å². The first-order valence-electron chi connectivity index (χ1n) is 17.0. The first kappa shape index (κ1) is 30.9. The Morgan fingerprint density at radius 2 is 0.936 bits per heavy atom. The summed E-state index contributed by atoms with van der Waals surface area (Å²) in [5, 5.41) is 24.2. The summed E-state index contributed by atoms with van der Waals surface area (Å²) in [7, 11) is 0. The molecule has 0 amide bonds. The van der Waals surface area contributed by atoms with Crippen molar-refractivity contribution < 1.29 is 19.3 Å². The number of benzene rings is 4. The number of rotatable bonds is 10. The molecule has 8 heteroatoms. The van der Waals surface area contributed by atoms with Crippen molar-refractivity contribution in [1.29, 1.82) is 0 Å². The molecular weight excluding hydrogens is 592 g/mol. The van der Waals surface area contributed by atoms with E-state index in [1.165, 1.54) is 76.3 Å². The third kappa shape index (κ3) is 5.97. The van der Waals surface area contributed by atoms with E-state index in [0.717, 1.165) is 33.8 Å². The number of non-ortho nitro benzene ring substituents is 2. The van der Waals surface area contributed by atoms with Gasteiger partial charge < -0.3 is 9.47 Å². The van der Waals surface area contributed by atoms with E-state index in [2.05, 4.69) is 0 Å². The maximum Gasteiger partial charge on any atom is 0.269 e. The van der Waals surface area contributed by atoms with Crippen molar-refractivity contribution in [3.63, 3.8) is 0 Å². The summed E-state index contributed by atoms with van der Waals surface area (Å²) in [4.78, 5) is 23.4. The zero-order valence-electron chi connectivity index (χ0n) is 26.6. The summed E-state index contributed by atoms with van der Waals surface area (Å²) < 4.78 is 12.5. The molecule has 0 radical (unpaired) electrons. The van der Waals surface area contributed by atoms with Crippen molar-refractivity contribution in [1.82, 2.24) is 0 Å². The minimum absolute atomic E-state index is 0.0321. The second-order valence-electron chi connectivity index (χ2n) is 13.4. The minimum atomic E-state index is -1.05. The van der Waals surface area contributed by atoms with Gasteiger partial charge in [-0.1, -0.05) is 62.8 Å². The molecule has 0 unspecified atom stereocenters. The van der Waals surface area contributed by atoms with Crippen LogP contribution in [-0.2, 0) is 5.41 Å². The first-order chi connectivity index (χ1) is 22.9. The lowest BCUT2D eigenvalue weighted by molar-refractivity contribution is -0.385. The zero-order valence-corrected chi connectivity index (χ0v) is 26.6. The molecule has 0 N–H and O–H groups in total. The van der Waals surface area contributed by atoms with Crippen LogP contribution in [0, 0.1) is 32.1 Å². The quantitative estimate of drug-likeness (QED) is 0.112. The van der Waals surface area contributed by atoms with Gasteiger partial charge >= 0.3 is 0 Å². The number of nitro groups is 2. The van der Waals surface area contributed by atoms with Crippen LogP contribution in [0.1, 0.15) is 86.5 Å². The second kappa shape index (κ2) is 13.2. The minimum Gasteiger partial charge on any atom is -0.493 e. The van der Waals surface area contributed by atoms with Crippen LogP contribution in [-0.4, -0.2) is 23.1 Å². The lowest BCUT2D eigenvalue weighted by Gasteiger charge is -2.34. The van der Waals surface area contributed by atoms with E-state index < -0.39 is 5.41 Å². The molecule has 47 heavy (non-hydrogen) atoms. The Balaban J connectivity index is 1.33. The van der Waals surface area contributed by atoms with Crippen molar-refractivity contribution in [2.75, 3.05) is 13.2 Å². The average molecular weight is 633 g/mol. The van der Waals surface area contributed by atoms with Gasteiger partial charge in [0.1, 0.15) is 11.5 Å². The van der Waals surface area contributed by atoms with Gasteiger partial charge in [0.25, 0.3) is 11.4 Å². The van der Waals surface area contributed by atoms with Gasteiger partial charge in [-0.05, 0) is 107 Å². The van der Waals surface area contributed by atoms with Crippen LogP contribution < -0.4 is 9.47 Å². The summed E-state index contributed by atoms with van der Waals surface area (Å²) in [5.41, 5.74) is 3.64. The number of fused-ring (bicyclic) bond motifs is 3. The molecule has 242 valence electrons. The van der Waals surface area contributed by atoms with Gasteiger partial charge in [-0.25, -0.2) is 0 Å². The number of hydrogen-bond acceptors (Lipinski definition) is 6. The summed E-state index contributed by atoms with van der Waals surface area (Å²) in [6.45, 7) is 1.35. The number of ether oxygens (including phenoxy) is 2. The Morgan fingerprint density at radius 3 is 1.30 bits per heavy atom. The van der Waals surface area contributed by atoms with E-state index in [4.69, 9.17) is 9.47 Å². The molecule has 0 spiro atoms. The summed E-state index contributed by atoms with van der Waals surface area (Å²) in [5.74, 6) is 2.64. The van der Waals surface area contributed by atoms with Gasteiger partial charge in [0.15, 0.2) is 0 Å². The molecule has 2 saturated carbocycles. The monoisotopic (exact) mass is 632 g/mol. The van der Waals surface area contributed by atoms with E-state index in [1.54, 1.807) is 24.3 Å². The Labute approximate surface area is 275 Å². The summed E-state index contributed by atoms with van der Waals surface area (Å²) >= 11 is 0. The molecule has 8 nitrogen and oxygen atoms in total. The molecule has 0 heterocycles. The predicted octanol–water partition coefficient (Wildman–Crippen LogP) is 9.78. The molecule has 0 saturated heterocycles. The van der Waals surface area contributed by atoms with E-state index >= 15 is 0 Å². The fraction of sp³-hybridized carbons (Fsp3) is 0.385. The molecule has 4 aromatic rings. The molecule has 3 aliphatic carbocycles. The molecule has 0 bridgehead atoms. The molecule has 3 aliphatic rings. The Bertz CT molecular complexity index is 1620. The predicted molar refractivity (Wildman–Crippen MR) is 181 cm³/mol. The molecular formula is C39H40N2O6. The van der Waals surface area contributed by atoms with Crippen LogP contribution in [0.3, 0.4) is 0 Å². The fourth-order valence-electron chi connectivity index (χ4n) is 8.05. The highest BCUT2D eigenvalue weighted by atomic mass is 16.6. The topological polar surface area (TPSA) is 105 Å². The number of nitrogens with zero attached hydrogens (tertiary/aromatic N) is 2. The Hall–Kier alpha value is -4.72. The lowest BCUT2D eigenvalue weighted by Crippen LogP contribution is -2.28. The third-order valence-corrected chi connectivity index (χ3v) is 10.5. The van der Waals surface area contributed by atoms with Gasteiger partial charge in [-0.15, -0.1) is 0 Å². The maximum absolute atomic E-state index is 12.1. The molecule has 2 fully saturated rings. The van der Waals surface area contributed by atoms with Crippen LogP contribution >= 0.6 is 0 Å². The third-order valence-electron chi connectivity index (χ3n) is 10.5. The SMILES string of the molecule is O=[N+]([O-])c1ccc2c(c1)C(c1ccc(OCC3CCCCC3)cc1)(c1ccc(OCC3CCCCC3)cc1)c1cc([N+](=O)[O-])ccc1-2. The van der Waals surface area contributed by atoms with Crippen LogP contribution in [0.15, 0.2) is 84.9 Å². The van der Waals surface area contributed by atoms with Crippen LogP contribution in [0.2, 0.25) is 0 Å².